The number of halogens is 4. The van der Waals surface area contributed by atoms with Gasteiger partial charge in [0, 0.05) is 12.6 Å². The van der Waals surface area contributed by atoms with Gasteiger partial charge >= 0.3 is 12.1 Å². The fraction of sp³-hybridized carbons (Fsp3) is 0.424. The normalized spacial score (nSPS) is 20.8. The zero-order valence-corrected chi connectivity index (χ0v) is 25.6. The Balaban J connectivity index is 0.000000453. The highest BCUT2D eigenvalue weighted by atomic mass is 35.5. The van der Waals surface area contributed by atoms with Crippen molar-refractivity contribution in [2.75, 3.05) is 13.2 Å². The van der Waals surface area contributed by atoms with Gasteiger partial charge in [-0.2, -0.15) is 13.2 Å². The lowest BCUT2D eigenvalue weighted by molar-refractivity contribution is -0.146. The van der Waals surface area contributed by atoms with E-state index in [1.807, 2.05) is 25.1 Å². The highest BCUT2D eigenvalue weighted by Crippen LogP contribution is 2.30. The molecule has 0 spiro atoms. The Bertz CT molecular complexity index is 1220. The Hall–Kier alpha value is -3.31. The van der Waals surface area contributed by atoms with Crippen molar-refractivity contribution < 1.29 is 42.5 Å². The van der Waals surface area contributed by atoms with Gasteiger partial charge in [0.2, 0.25) is 0 Å². The van der Waals surface area contributed by atoms with E-state index in [-0.39, 0.29) is 37.4 Å². The number of aliphatic hydroxyl groups is 2. The van der Waals surface area contributed by atoms with Gasteiger partial charge in [0.05, 0.1) is 23.1 Å². The number of alkyl halides is 3. The second-order valence-electron chi connectivity index (χ2n) is 10.3. The SMILES string of the molecule is CC(Cc1cccc(C(F)(F)F)c1)NCCOC(=O)c1ccccc1.CCCC=CC=CC1CC(O)C(O)C(=O)C1C=O.Cl. The summed E-state index contributed by atoms with van der Waals surface area (Å²) < 4.78 is 43.3. The number of hydrogen-bond acceptors (Lipinski definition) is 7. The number of carbonyl (C=O) groups excluding carboxylic acids is 3. The van der Waals surface area contributed by atoms with Gasteiger partial charge in [-0.1, -0.05) is 74.0 Å². The Kier molecular flexibility index (Phi) is 17.5. The summed E-state index contributed by atoms with van der Waals surface area (Å²) >= 11 is 0. The van der Waals surface area contributed by atoms with Crippen LogP contribution in [0.5, 0.6) is 0 Å². The van der Waals surface area contributed by atoms with E-state index in [4.69, 9.17) is 4.74 Å². The van der Waals surface area contributed by atoms with Crippen LogP contribution in [0.1, 0.15) is 54.6 Å². The molecule has 1 aliphatic rings. The lowest BCUT2D eigenvalue weighted by Gasteiger charge is -2.31. The molecule has 0 heterocycles. The van der Waals surface area contributed by atoms with Crippen molar-refractivity contribution in [2.45, 2.75) is 64.0 Å². The van der Waals surface area contributed by atoms with Crippen molar-refractivity contribution in [3.8, 4) is 0 Å². The number of rotatable bonds is 12. The van der Waals surface area contributed by atoms with Crippen LogP contribution in [0.25, 0.3) is 0 Å². The summed E-state index contributed by atoms with van der Waals surface area (Å²) in [6, 6.07) is 13.9. The van der Waals surface area contributed by atoms with Crippen molar-refractivity contribution in [2.24, 2.45) is 11.8 Å². The fourth-order valence-electron chi connectivity index (χ4n) is 4.47. The van der Waals surface area contributed by atoms with Gasteiger partial charge in [0.1, 0.15) is 19.0 Å². The standard InChI is InChI=1S/C19H20F3NO2.C14H20O4.ClH/c1-14(12-15-6-5-9-17(13-15)19(20,21)22)23-10-11-25-18(24)16-7-3-2-4-8-16;1-2-3-4-5-6-7-10-8-12(16)14(18)13(17)11(10)9-15;/h2-9,13-14,23H,10-12H2,1H3;4-7,9-12,14,16,18H,2-3,8H2,1H3;1H. The lowest BCUT2D eigenvalue weighted by atomic mass is 9.76. The molecule has 5 atom stereocenters. The molecule has 1 aliphatic carbocycles. The fourth-order valence-corrected chi connectivity index (χ4v) is 4.47. The van der Waals surface area contributed by atoms with Crippen LogP contribution in [0.15, 0.2) is 78.9 Å². The third-order valence-electron chi connectivity index (χ3n) is 6.80. The maximum absolute atomic E-state index is 12.7. The van der Waals surface area contributed by atoms with Crippen LogP contribution in [0.4, 0.5) is 13.2 Å². The summed E-state index contributed by atoms with van der Waals surface area (Å²) in [6.45, 7) is 4.58. The highest BCUT2D eigenvalue weighted by molar-refractivity contribution is 5.97. The quantitative estimate of drug-likeness (QED) is 0.0920. The second kappa shape index (κ2) is 19.9. The van der Waals surface area contributed by atoms with Gasteiger partial charge < -0.3 is 25.1 Å². The molecule has 2 aromatic carbocycles. The molecule has 0 bridgehead atoms. The zero-order valence-electron chi connectivity index (χ0n) is 24.8. The van der Waals surface area contributed by atoms with Crippen LogP contribution in [0.3, 0.4) is 0 Å². The van der Waals surface area contributed by atoms with Crippen molar-refractivity contribution >= 4 is 30.4 Å². The summed E-state index contributed by atoms with van der Waals surface area (Å²) in [5.41, 5.74) is 0.449. The monoisotopic (exact) mass is 639 g/mol. The van der Waals surface area contributed by atoms with Crippen molar-refractivity contribution in [1.82, 2.24) is 5.32 Å². The number of esters is 1. The molecule has 3 rings (SSSR count). The zero-order chi connectivity index (χ0) is 31.8. The van der Waals surface area contributed by atoms with Crippen LogP contribution in [0, 0.1) is 11.8 Å². The third-order valence-corrected chi connectivity index (χ3v) is 6.80. The van der Waals surface area contributed by atoms with Crippen molar-refractivity contribution in [3.63, 3.8) is 0 Å². The third kappa shape index (κ3) is 13.1. The number of nitrogens with one attached hydrogen (secondary N) is 1. The molecule has 1 saturated carbocycles. The van der Waals surface area contributed by atoms with Crippen LogP contribution in [-0.4, -0.2) is 59.7 Å². The lowest BCUT2D eigenvalue weighted by Crippen LogP contribution is -2.47. The van der Waals surface area contributed by atoms with E-state index in [1.165, 1.54) is 6.07 Å². The molecule has 7 nitrogen and oxygen atoms in total. The summed E-state index contributed by atoms with van der Waals surface area (Å²) in [4.78, 5) is 34.3. The van der Waals surface area contributed by atoms with Gasteiger partial charge in [-0.05, 0) is 55.9 Å². The minimum Gasteiger partial charge on any atom is -0.461 e. The molecular formula is C33H41ClF3NO6. The van der Waals surface area contributed by atoms with Crippen LogP contribution < -0.4 is 5.32 Å². The van der Waals surface area contributed by atoms with E-state index in [1.54, 1.807) is 42.5 Å². The molecule has 2 aromatic rings. The van der Waals surface area contributed by atoms with Crippen molar-refractivity contribution in [3.05, 3.63) is 95.6 Å². The molecule has 5 unspecified atom stereocenters. The maximum atomic E-state index is 12.7. The number of aliphatic hydroxyl groups excluding tert-OH is 2. The predicted molar refractivity (Wildman–Crippen MR) is 164 cm³/mol. The summed E-state index contributed by atoms with van der Waals surface area (Å²) in [5.74, 6) is -2.16. The Morgan fingerprint density at radius 3 is 2.45 bits per heavy atom. The van der Waals surface area contributed by atoms with E-state index < -0.39 is 41.6 Å². The van der Waals surface area contributed by atoms with Crippen molar-refractivity contribution in [1.29, 1.82) is 0 Å². The van der Waals surface area contributed by atoms with Crippen LogP contribution in [0.2, 0.25) is 0 Å². The Morgan fingerprint density at radius 2 is 1.82 bits per heavy atom. The highest BCUT2D eigenvalue weighted by Gasteiger charge is 2.41. The molecule has 242 valence electrons. The summed E-state index contributed by atoms with van der Waals surface area (Å²) in [6.07, 6.45) is 3.84. The average molecular weight is 640 g/mol. The molecule has 11 heteroatoms. The molecule has 0 aliphatic heterocycles. The molecular weight excluding hydrogens is 599 g/mol. The first-order chi connectivity index (χ1) is 20.5. The average Bonchev–Trinajstić information content (AvgIpc) is 2.98. The van der Waals surface area contributed by atoms with Crippen LogP contribution in [-0.2, 0) is 26.9 Å². The maximum Gasteiger partial charge on any atom is 0.416 e. The van der Waals surface area contributed by atoms with E-state index in [0.29, 0.717) is 30.4 Å². The van der Waals surface area contributed by atoms with Gasteiger partial charge in [0.15, 0.2) is 5.78 Å². The predicted octanol–water partition coefficient (Wildman–Crippen LogP) is 5.53. The largest absolute Gasteiger partial charge is 0.461 e. The van der Waals surface area contributed by atoms with Gasteiger partial charge in [-0.15, -0.1) is 12.4 Å². The first-order valence-electron chi connectivity index (χ1n) is 14.3. The van der Waals surface area contributed by atoms with E-state index in [0.717, 1.165) is 25.0 Å². The smallest absolute Gasteiger partial charge is 0.416 e. The first kappa shape index (κ1) is 38.7. The van der Waals surface area contributed by atoms with Gasteiger partial charge in [0.25, 0.3) is 0 Å². The summed E-state index contributed by atoms with van der Waals surface area (Å²) in [7, 11) is 0. The molecule has 0 amide bonds. The second-order valence-corrected chi connectivity index (χ2v) is 10.3. The first-order valence-corrected chi connectivity index (χ1v) is 14.3. The molecule has 0 saturated heterocycles. The number of carbonyl (C=O) groups is 3. The molecule has 0 aromatic heterocycles. The van der Waals surface area contributed by atoms with Gasteiger partial charge in [-0.25, -0.2) is 4.79 Å². The number of ketones is 1. The number of hydrogen-bond donors (Lipinski definition) is 3. The molecule has 0 radical (unpaired) electrons. The minimum absolute atomic E-state index is 0. The number of allylic oxidation sites excluding steroid dienone is 4. The Morgan fingerprint density at radius 1 is 1.11 bits per heavy atom. The number of unbranched alkanes of at least 4 members (excludes halogenated alkanes) is 1. The van der Waals surface area contributed by atoms with E-state index in [9.17, 15) is 37.8 Å². The van der Waals surface area contributed by atoms with E-state index in [2.05, 4.69) is 12.2 Å². The topological polar surface area (TPSA) is 113 Å². The van der Waals surface area contributed by atoms with Gasteiger partial charge in [-0.3, -0.25) is 4.79 Å². The van der Waals surface area contributed by atoms with E-state index >= 15 is 0 Å². The molecule has 1 fully saturated rings. The molecule has 3 N–H and O–H groups in total. The molecule has 44 heavy (non-hydrogen) atoms. The minimum atomic E-state index is -4.34. The number of aldehydes is 1. The Labute approximate surface area is 262 Å². The number of ether oxygens (including phenoxy) is 1. The number of benzene rings is 2. The van der Waals surface area contributed by atoms with Crippen LogP contribution >= 0.6 is 12.4 Å². The number of Topliss-reactive ketones (excluding diaryl/α,β-unsaturated/α-hetero) is 1. The summed E-state index contributed by atoms with van der Waals surface area (Å²) in [5, 5.41) is 22.1.